The van der Waals surface area contributed by atoms with Gasteiger partial charge in [0.15, 0.2) is 0 Å². The van der Waals surface area contributed by atoms with Gasteiger partial charge in [-0.3, -0.25) is 4.79 Å². The molecule has 1 aromatic carbocycles. The first-order valence-electron chi connectivity index (χ1n) is 6.69. The highest BCUT2D eigenvalue weighted by Gasteiger charge is 2.17. The van der Waals surface area contributed by atoms with E-state index in [4.69, 9.17) is 4.74 Å². The van der Waals surface area contributed by atoms with Crippen LogP contribution in [-0.4, -0.2) is 17.6 Å². The van der Waals surface area contributed by atoms with Crippen LogP contribution in [0.1, 0.15) is 34.6 Å². The molecule has 0 spiro atoms. The average Bonchev–Trinajstić information content (AvgIpc) is 2.77. The number of nitrogens with one attached hydrogen (secondary N) is 1. The Labute approximate surface area is 133 Å². The summed E-state index contributed by atoms with van der Waals surface area (Å²) in [5.41, 5.74) is 2.72. The van der Waals surface area contributed by atoms with Gasteiger partial charge in [0.2, 0.25) is 0 Å². The number of halogens is 1. The van der Waals surface area contributed by atoms with Crippen molar-refractivity contribution in [3.8, 4) is 5.75 Å². The van der Waals surface area contributed by atoms with E-state index in [0.29, 0.717) is 5.69 Å². The van der Waals surface area contributed by atoms with E-state index in [1.165, 1.54) is 0 Å². The molecule has 1 unspecified atom stereocenters. The van der Waals surface area contributed by atoms with E-state index in [9.17, 15) is 4.79 Å². The molecule has 1 heterocycles. The lowest BCUT2D eigenvalue weighted by molar-refractivity contribution is 0.0931. The highest BCUT2D eigenvalue weighted by atomic mass is 79.9. The second kappa shape index (κ2) is 6.35. The van der Waals surface area contributed by atoms with Crippen LogP contribution in [0.15, 0.2) is 34.9 Å². The average molecular weight is 351 g/mol. The third-order valence-corrected chi connectivity index (χ3v) is 3.84. The van der Waals surface area contributed by atoms with Gasteiger partial charge >= 0.3 is 0 Å². The minimum absolute atomic E-state index is 0.112. The minimum atomic E-state index is -0.138. The van der Waals surface area contributed by atoms with Gasteiger partial charge in [0, 0.05) is 23.3 Å². The van der Waals surface area contributed by atoms with Crippen molar-refractivity contribution >= 4 is 21.8 Å². The topological polar surface area (TPSA) is 43.3 Å². The summed E-state index contributed by atoms with van der Waals surface area (Å²) < 4.78 is 8.05. The van der Waals surface area contributed by atoms with Gasteiger partial charge in [-0.15, -0.1) is 0 Å². The Morgan fingerprint density at radius 2 is 2.10 bits per heavy atom. The summed E-state index contributed by atoms with van der Waals surface area (Å²) in [6, 6.07) is 7.61. The van der Waals surface area contributed by atoms with E-state index in [1.807, 2.05) is 45.3 Å². The summed E-state index contributed by atoms with van der Waals surface area (Å²) in [6.07, 6.45) is 1.85. The summed E-state index contributed by atoms with van der Waals surface area (Å²) in [5, 5.41) is 3.01. The number of benzene rings is 1. The van der Waals surface area contributed by atoms with Crippen LogP contribution in [-0.2, 0) is 7.05 Å². The van der Waals surface area contributed by atoms with E-state index < -0.39 is 0 Å². The first kappa shape index (κ1) is 15.6. The van der Waals surface area contributed by atoms with Crippen molar-refractivity contribution in [1.82, 2.24) is 9.88 Å². The van der Waals surface area contributed by atoms with Gasteiger partial charge in [-0.05, 0) is 41.9 Å². The molecular formula is C16H19BrN2O2. The number of carbonyl (C=O) groups excluding carboxylic acids is 1. The fourth-order valence-electron chi connectivity index (χ4n) is 2.29. The number of nitrogens with zero attached hydrogens (tertiary/aromatic N) is 1. The van der Waals surface area contributed by atoms with Crippen LogP contribution >= 0.6 is 15.9 Å². The quantitative estimate of drug-likeness (QED) is 0.915. The van der Waals surface area contributed by atoms with Crippen molar-refractivity contribution in [2.45, 2.75) is 19.9 Å². The molecule has 0 bridgehead atoms. The molecular weight excluding hydrogens is 332 g/mol. The third-order valence-electron chi connectivity index (χ3n) is 3.40. The van der Waals surface area contributed by atoms with Crippen LogP contribution in [0.2, 0.25) is 0 Å². The van der Waals surface area contributed by atoms with Gasteiger partial charge in [0.1, 0.15) is 11.4 Å². The van der Waals surface area contributed by atoms with Crippen molar-refractivity contribution < 1.29 is 9.53 Å². The predicted octanol–water partition coefficient (Wildman–Crippen LogP) is 3.60. The third kappa shape index (κ3) is 3.47. The highest BCUT2D eigenvalue weighted by molar-refractivity contribution is 9.10. The molecule has 21 heavy (non-hydrogen) atoms. The first-order valence-corrected chi connectivity index (χ1v) is 7.49. The van der Waals surface area contributed by atoms with Crippen molar-refractivity contribution in [1.29, 1.82) is 0 Å². The molecule has 1 atom stereocenters. The zero-order valence-electron chi connectivity index (χ0n) is 12.6. The summed E-state index contributed by atoms with van der Waals surface area (Å²) in [4.78, 5) is 12.4. The lowest BCUT2D eigenvalue weighted by atomic mass is 10.0. The Hall–Kier alpha value is -1.75. The van der Waals surface area contributed by atoms with E-state index in [0.717, 1.165) is 21.3 Å². The van der Waals surface area contributed by atoms with Gasteiger partial charge in [-0.25, -0.2) is 0 Å². The van der Waals surface area contributed by atoms with Crippen molar-refractivity contribution in [2.24, 2.45) is 7.05 Å². The van der Waals surface area contributed by atoms with Crippen LogP contribution in [0.3, 0.4) is 0 Å². The number of methoxy groups -OCH3 is 1. The Morgan fingerprint density at radius 3 is 2.67 bits per heavy atom. The van der Waals surface area contributed by atoms with E-state index in [2.05, 4.69) is 21.2 Å². The fraction of sp³-hybridized carbons (Fsp3) is 0.312. The van der Waals surface area contributed by atoms with Gasteiger partial charge in [-0.1, -0.05) is 17.7 Å². The van der Waals surface area contributed by atoms with Crippen molar-refractivity contribution in [2.75, 3.05) is 7.11 Å². The van der Waals surface area contributed by atoms with Gasteiger partial charge in [0.25, 0.3) is 5.91 Å². The number of hydrogen-bond acceptors (Lipinski definition) is 2. The normalized spacial score (nSPS) is 12.0. The molecule has 1 aromatic heterocycles. The number of rotatable bonds is 4. The molecule has 0 fully saturated rings. The lowest BCUT2D eigenvalue weighted by Crippen LogP contribution is -2.28. The largest absolute Gasteiger partial charge is 0.496 e. The molecule has 2 rings (SSSR count). The molecule has 0 saturated carbocycles. The molecule has 4 nitrogen and oxygen atoms in total. The molecule has 5 heteroatoms. The lowest BCUT2D eigenvalue weighted by Gasteiger charge is -2.18. The van der Waals surface area contributed by atoms with E-state index in [1.54, 1.807) is 17.7 Å². The number of carbonyl (C=O) groups is 1. The maximum atomic E-state index is 12.4. The van der Waals surface area contributed by atoms with Crippen LogP contribution in [0.25, 0.3) is 0 Å². The summed E-state index contributed by atoms with van der Waals surface area (Å²) in [6.45, 7) is 3.97. The van der Waals surface area contributed by atoms with Gasteiger partial charge in [-0.2, -0.15) is 0 Å². The zero-order chi connectivity index (χ0) is 15.6. The summed E-state index contributed by atoms with van der Waals surface area (Å²) >= 11 is 3.37. The summed E-state index contributed by atoms with van der Waals surface area (Å²) in [5.74, 6) is 0.667. The molecule has 1 amide bonds. The molecule has 0 aliphatic carbocycles. The number of ether oxygens (including phenoxy) is 1. The van der Waals surface area contributed by atoms with Crippen molar-refractivity contribution in [3.63, 3.8) is 0 Å². The molecule has 0 aliphatic heterocycles. The van der Waals surface area contributed by atoms with Crippen molar-refractivity contribution in [3.05, 3.63) is 51.8 Å². The second-order valence-electron chi connectivity index (χ2n) is 5.10. The zero-order valence-corrected chi connectivity index (χ0v) is 14.2. The smallest absolute Gasteiger partial charge is 0.268 e. The molecule has 1 N–H and O–H groups in total. The number of hydrogen-bond donors (Lipinski definition) is 1. The van der Waals surface area contributed by atoms with E-state index >= 15 is 0 Å². The Morgan fingerprint density at radius 1 is 1.38 bits per heavy atom. The second-order valence-corrected chi connectivity index (χ2v) is 6.01. The fourth-order valence-corrected chi connectivity index (χ4v) is 2.81. The Bertz CT molecular complexity index is 664. The molecule has 112 valence electrons. The summed E-state index contributed by atoms with van der Waals surface area (Å²) in [7, 11) is 3.48. The number of aryl methyl sites for hydroxylation is 2. The van der Waals surface area contributed by atoms with Crippen LogP contribution in [0, 0.1) is 6.92 Å². The Balaban J connectivity index is 2.21. The molecule has 0 aliphatic rings. The SMILES string of the molecule is COc1ccc(C)cc1C(C)NC(=O)c1cc(Br)cn1C. The standard InChI is InChI=1S/C16H19BrN2O2/c1-10-5-6-15(21-4)13(7-10)11(2)18-16(20)14-8-12(17)9-19(14)3/h5-9,11H,1-4H3,(H,18,20). The van der Waals surface area contributed by atoms with E-state index in [-0.39, 0.29) is 11.9 Å². The first-order chi connectivity index (χ1) is 9.92. The maximum Gasteiger partial charge on any atom is 0.268 e. The molecule has 2 aromatic rings. The number of amides is 1. The maximum absolute atomic E-state index is 12.4. The van der Waals surface area contributed by atoms with Gasteiger partial charge in [0.05, 0.1) is 13.2 Å². The Kier molecular flexibility index (Phi) is 4.73. The number of aromatic nitrogens is 1. The van der Waals surface area contributed by atoms with Crippen LogP contribution in [0.4, 0.5) is 0 Å². The monoisotopic (exact) mass is 350 g/mol. The predicted molar refractivity (Wildman–Crippen MR) is 86.7 cm³/mol. The highest BCUT2D eigenvalue weighted by Crippen LogP contribution is 2.26. The van der Waals surface area contributed by atoms with Gasteiger partial charge < -0.3 is 14.6 Å². The molecule has 0 radical (unpaired) electrons. The van der Waals surface area contributed by atoms with Crippen LogP contribution in [0.5, 0.6) is 5.75 Å². The molecule has 0 saturated heterocycles. The van der Waals surface area contributed by atoms with Crippen LogP contribution < -0.4 is 10.1 Å². The minimum Gasteiger partial charge on any atom is -0.496 e.